The van der Waals surface area contributed by atoms with Crippen LogP contribution < -0.4 is 10.1 Å². The molecule has 0 aliphatic carbocycles. The van der Waals surface area contributed by atoms with E-state index < -0.39 is 0 Å². The maximum atomic E-state index is 5.93. The second-order valence-electron chi connectivity index (χ2n) is 7.45. The van der Waals surface area contributed by atoms with Crippen molar-refractivity contribution in [2.45, 2.75) is 59.9 Å². The van der Waals surface area contributed by atoms with Crippen molar-refractivity contribution in [1.29, 1.82) is 0 Å². The van der Waals surface area contributed by atoms with Gasteiger partial charge in [-0.2, -0.15) is 0 Å². The van der Waals surface area contributed by atoms with Gasteiger partial charge in [-0.25, -0.2) is 0 Å². The highest BCUT2D eigenvalue weighted by molar-refractivity contribution is 5.27. The number of rotatable bonds is 7. The molecule has 0 amide bonds. The molecule has 0 saturated heterocycles. The quantitative estimate of drug-likeness (QED) is 0.796. The van der Waals surface area contributed by atoms with Gasteiger partial charge in [0.25, 0.3) is 0 Å². The highest BCUT2D eigenvalue weighted by Gasteiger charge is 2.21. The molecule has 0 aliphatic rings. The maximum absolute atomic E-state index is 5.93. The summed E-state index contributed by atoms with van der Waals surface area (Å²) in [5, 5.41) is 3.54. The predicted octanol–water partition coefficient (Wildman–Crippen LogP) is 4.43. The number of nitrogens with one attached hydrogen (secondary N) is 1. The lowest BCUT2D eigenvalue weighted by Crippen LogP contribution is -2.43. The molecule has 0 spiro atoms. The van der Waals surface area contributed by atoms with Crippen LogP contribution in [0.15, 0.2) is 24.3 Å². The van der Waals surface area contributed by atoms with Crippen LogP contribution in [0.5, 0.6) is 5.75 Å². The lowest BCUT2D eigenvalue weighted by Gasteiger charge is -2.30. The standard InChI is InChI=1S/C18H31NO/c1-7-8-15-9-11-16(12-10-15)20-14-18(5,6)13-19-17(2,3)4/h9-12,19H,7-8,13-14H2,1-6H3. The van der Waals surface area contributed by atoms with Crippen molar-refractivity contribution in [1.82, 2.24) is 5.32 Å². The summed E-state index contributed by atoms with van der Waals surface area (Å²) in [7, 11) is 0. The van der Waals surface area contributed by atoms with Crippen molar-refractivity contribution in [3.05, 3.63) is 29.8 Å². The van der Waals surface area contributed by atoms with Gasteiger partial charge in [0, 0.05) is 17.5 Å². The van der Waals surface area contributed by atoms with Crippen molar-refractivity contribution in [3.8, 4) is 5.75 Å². The highest BCUT2D eigenvalue weighted by atomic mass is 16.5. The van der Waals surface area contributed by atoms with Gasteiger partial charge >= 0.3 is 0 Å². The van der Waals surface area contributed by atoms with Crippen LogP contribution in [0.1, 0.15) is 53.5 Å². The zero-order valence-corrected chi connectivity index (χ0v) is 14.0. The topological polar surface area (TPSA) is 21.3 Å². The summed E-state index contributed by atoms with van der Waals surface area (Å²) in [5.41, 5.74) is 1.66. The smallest absolute Gasteiger partial charge is 0.119 e. The first kappa shape index (κ1) is 17.0. The van der Waals surface area contributed by atoms with Gasteiger partial charge in [0.05, 0.1) is 6.61 Å². The Bertz CT molecular complexity index is 387. The van der Waals surface area contributed by atoms with E-state index in [1.165, 1.54) is 12.0 Å². The van der Waals surface area contributed by atoms with Crippen LogP contribution in [0.3, 0.4) is 0 Å². The van der Waals surface area contributed by atoms with Crippen LogP contribution in [-0.4, -0.2) is 18.7 Å². The molecule has 2 heteroatoms. The van der Waals surface area contributed by atoms with Gasteiger partial charge in [-0.1, -0.05) is 39.3 Å². The minimum Gasteiger partial charge on any atom is -0.493 e. The SMILES string of the molecule is CCCc1ccc(OCC(C)(C)CNC(C)(C)C)cc1. The Morgan fingerprint density at radius 3 is 2.10 bits per heavy atom. The van der Waals surface area contributed by atoms with Crippen LogP contribution in [0.25, 0.3) is 0 Å². The zero-order chi connectivity index (χ0) is 15.2. The van der Waals surface area contributed by atoms with Crippen molar-refractivity contribution < 1.29 is 4.74 Å². The fraction of sp³-hybridized carbons (Fsp3) is 0.667. The number of hydrogen-bond donors (Lipinski definition) is 1. The Labute approximate surface area is 124 Å². The molecule has 1 aromatic carbocycles. The van der Waals surface area contributed by atoms with Crippen LogP contribution in [-0.2, 0) is 6.42 Å². The summed E-state index contributed by atoms with van der Waals surface area (Å²) in [6, 6.07) is 8.50. The molecule has 0 heterocycles. The average molecular weight is 277 g/mol. The summed E-state index contributed by atoms with van der Waals surface area (Å²) >= 11 is 0. The normalized spacial score (nSPS) is 12.5. The van der Waals surface area contributed by atoms with E-state index in [2.05, 4.69) is 71.1 Å². The Morgan fingerprint density at radius 2 is 1.60 bits per heavy atom. The molecule has 0 aromatic heterocycles. The van der Waals surface area contributed by atoms with E-state index in [-0.39, 0.29) is 11.0 Å². The molecule has 2 nitrogen and oxygen atoms in total. The Hall–Kier alpha value is -1.02. The predicted molar refractivity (Wildman–Crippen MR) is 87.5 cm³/mol. The third-order valence-electron chi connectivity index (χ3n) is 3.19. The fourth-order valence-corrected chi connectivity index (χ4v) is 1.88. The van der Waals surface area contributed by atoms with Gasteiger partial charge in [0.2, 0.25) is 0 Å². The van der Waals surface area contributed by atoms with Crippen molar-refractivity contribution in [3.63, 3.8) is 0 Å². The Morgan fingerprint density at radius 1 is 1.00 bits per heavy atom. The molecule has 20 heavy (non-hydrogen) atoms. The minimum absolute atomic E-state index is 0.120. The lowest BCUT2D eigenvalue weighted by molar-refractivity contribution is 0.166. The van der Waals surface area contributed by atoms with Crippen LogP contribution in [0, 0.1) is 5.41 Å². The van der Waals surface area contributed by atoms with Gasteiger partial charge in [-0.05, 0) is 44.9 Å². The number of aryl methyl sites for hydroxylation is 1. The van der Waals surface area contributed by atoms with Gasteiger partial charge in [0.15, 0.2) is 0 Å². The molecule has 1 rings (SSSR count). The van der Waals surface area contributed by atoms with Crippen LogP contribution in [0.4, 0.5) is 0 Å². The molecular weight excluding hydrogens is 246 g/mol. The van der Waals surface area contributed by atoms with E-state index in [9.17, 15) is 0 Å². The number of hydrogen-bond acceptors (Lipinski definition) is 2. The van der Waals surface area contributed by atoms with E-state index in [0.29, 0.717) is 0 Å². The third-order valence-corrected chi connectivity index (χ3v) is 3.19. The van der Waals surface area contributed by atoms with E-state index in [1.807, 2.05) is 0 Å². The monoisotopic (exact) mass is 277 g/mol. The second-order valence-corrected chi connectivity index (χ2v) is 7.45. The minimum atomic E-state index is 0.120. The number of ether oxygens (including phenoxy) is 1. The first-order chi connectivity index (χ1) is 9.22. The second kappa shape index (κ2) is 7.12. The number of benzene rings is 1. The summed E-state index contributed by atoms with van der Waals surface area (Å²) in [6.07, 6.45) is 2.33. The van der Waals surface area contributed by atoms with Crippen LogP contribution >= 0.6 is 0 Å². The summed E-state index contributed by atoms with van der Waals surface area (Å²) in [4.78, 5) is 0. The Balaban J connectivity index is 2.44. The van der Waals surface area contributed by atoms with E-state index in [0.717, 1.165) is 25.3 Å². The molecule has 1 N–H and O–H groups in total. The molecule has 0 unspecified atom stereocenters. The molecule has 0 saturated carbocycles. The summed E-state index contributed by atoms with van der Waals surface area (Å²) in [5.74, 6) is 0.966. The summed E-state index contributed by atoms with van der Waals surface area (Å²) < 4.78 is 5.93. The summed E-state index contributed by atoms with van der Waals surface area (Å²) in [6.45, 7) is 14.9. The zero-order valence-electron chi connectivity index (χ0n) is 14.0. The van der Waals surface area contributed by atoms with Crippen molar-refractivity contribution in [2.75, 3.05) is 13.2 Å². The van der Waals surface area contributed by atoms with Crippen LogP contribution in [0.2, 0.25) is 0 Å². The largest absolute Gasteiger partial charge is 0.493 e. The average Bonchev–Trinajstić information content (AvgIpc) is 2.36. The maximum Gasteiger partial charge on any atom is 0.119 e. The van der Waals surface area contributed by atoms with E-state index in [1.54, 1.807) is 0 Å². The highest BCUT2D eigenvalue weighted by Crippen LogP contribution is 2.20. The van der Waals surface area contributed by atoms with E-state index >= 15 is 0 Å². The van der Waals surface area contributed by atoms with Crippen molar-refractivity contribution >= 4 is 0 Å². The molecule has 0 radical (unpaired) electrons. The van der Waals surface area contributed by atoms with Gasteiger partial charge in [-0.3, -0.25) is 0 Å². The van der Waals surface area contributed by atoms with E-state index in [4.69, 9.17) is 4.74 Å². The van der Waals surface area contributed by atoms with Crippen molar-refractivity contribution in [2.24, 2.45) is 5.41 Å². The van der Waals surface area contributed by atoms with Gasteiger partial charge in [0.1, 0.15) is 5.75 Å². The lowest BCUT2D eigenvalue weighted by atomic mass is 9.93. The first-order valence-electron chi connectivity index (χ1n) is 7.69. The molecule has 0 aliphatic heterocycles. The third kappa shape index (κ3) is 6.95. The molecular formula is C18H31NO. The molecule has 0 bridgehead atoms. The fourth-order valence-electron chi connectivity index (χ4n) is 1.88. The first-order valence-corrected chi connectivity index (χ1v) is 7.69. The molecule has 0 fully saturated rings. The molecule has 0 atom stereocenters. The molecule has 1 aromatic rings. The molecule has 114 valence electrons. The van der Waals surface area contributed by atoms with Gasteiger partial charge < -0.3 is 10.1 Å². The van der Waals surface area contributed by atoms with Gasteiger partial charge in [-0.15, -0.1) is 0 Å². The Kier molecular flexibility index (Phi) is 6.07.